The molecule has 5 N–H and O–H groups in total. The molecule has 0 unspecified atom stereocenters. The average Bonchev–Trinajstić information content (AvgIpc) is 2.46. The Hall–Kier alpha value is -2.77. The number of anilines is 1. The molecule has 1 aromatic carbocycles. The van der Waals surface area contributed by atoms with E-state index in [1.54, 1.807) is 38.1 Å². The van der Waals surface area contributed by atoms with Crippen molar-refractivity contribution >= 4 is 23.6 Å². The molecule has 0 atom stereocenters. The zero-order chi connectivity index (χ0) is 18.2. The molecule has 1 aromatic rings. The van der Waals surface area contributed by atoms with Gasteiger partial charge in [0.1, 0.15) is 5.75 Å². The summed E-state index contributed by atoms with van der Waals surface area (Å²) in [6.45, 7) is 3.71. The number of aliphatic carboxylic acids is 1. The van der Waals surface area contributed by atoms with Crippen molar-refractivity contribution < 1.29 is 24.2 Å². The summed E-state index contributed by atoms with van der Waals surface area (Å²) in [5.74, 6) is -0.781. The third-order valence-electron chi connectivity index (χ3n) is 3.15. The number of benzene rings is 1. The molecule has 0 spiro atoms. The lowest BCUT2D eigenvalue weighted by atomic mass is 9.99. The third-order valence-corrected chi connectivity index (χ3v) is 3.15. The summed E-state index contributed by atoms with van der Waals surface area (Å²) in [5.41, 5.74) is 4.94. The minimum absolute atomic E-state index is 0.0232. The van der Waals surface area contributed by atoms with Crippen molar-refractivity contribution in [1.82, 2.24) is 5.32 Å². The minimum atomic E-state index is -0.905. The van der Waals surface area contributed by atoms with Crippen LogP contribution in [0.3, 0.4) is 0 Å². The molecule has 0 saturated heterocycles. The molecule has 0 aliphatic heterocycles. The Morgan fingerprint density at radius 2 is 1.79 bits per heavy atom. The SMILES string of the molecule is CC(C)(CCC(=O)O)NC(=O)Nc1ccc(OCCC(N)=O)cc1. The van der Waals surface area contributed by atoms with Crippen molar-refractivity contribution in [2.45, 2.75) is 38.6 Å². The van der Waals surface area contributed by atoms with Crippen LogP contribution in [0.5, 0.6) is 5.75 Å². The predicted octanol–water partition coefficient (Wildman–Crippen LogP) is 1.71. The highest BCUT2D eigenvalue weighted by molar-refractivity contribution is 5.89. The fourth-order valence-corrected chi connectivity index (χ4v) is 1.86. The van der Waals surface area contributed by atoms with Crippen LogP contribution < -0.4 is 21.1 Å². The fraction of sp³-hybridized carbons (Fsp3) is 0.438. The van der Waals surface area contributed by atoms with Gasteiger partial charge in [0.05, 0.1) is 13.0 Å². The van der Waals surface area contributed by atoms with Crippen LogP contribution in [0.4, 0.5) is 10.5 Å². The highest BCUT2D eigenvalue weighted by Gasteiger charge is 2.21. The van der Waals surface area contributed by atoms with E-state index in [0.717, 1.165) is 0 Å². The molecular weight excluding hydrogens is 314 g/mol. The molecule has 0 saturated carbocycles. The molecular formula is C16H23N3O5. The number of hydrogen-bond acceptors (Lipinski definition) is 4. The Morgan fingerprint density at radius 1 is 1.17 bits per heavy atom. The lowest BCUT2D eigenvalue weighted by Crippen LogP contribution is -2.45. The first-order chi connectivity index (χ1) is 11.2. The molecule has 1 rings (SSSR count). The van der Waals surface area contributed by atoms with Crippen LogP contribution in [0.25, 0.3) is 0 Å². The van der Waals surface area contributed by atoms with Crippen LogP contribution in [-0.2, 0) is 9.59 Å². The molecule has 0 aliphatic rings. The van der Waals surface area contributed by atoms with E-state index in [2.05, 4.69) is 10.6 Å². The van der Waals surface area contributed by atoms with Gasteiger partial charge < -0.3 is 26.2 Å². The number of carboxylic acids is 1. The lowest BCUT2D eigenvalue weighted by Gasteiger charge is -2.25. The topological polar surface area (TPSA) is 131 Å². The molecule has 3 amide bonds. The van der Waals surface area contributed by atoms with E-state index >= 15 is 0 Å². The molecule has 0 radical (unpaired) electrons. The van der Waals surface area contributed by atoms with Gasteiger partial charge in [0.2, 0.25) is 5.91 Å². The van der Waals surface area contributed by atoms with Crippen molar-refractivity contribution in [2.24, 2.45) is 5.73 Å². The number of carbonyl (C=O) groups excluding carboxylic acids is 2. The summed E-state index contributed by atoms with van der Waals surface area (Å²) in [5, 5.41) is 14.1. The fourth-order valence-electron chi connectivity index (χ4n) is 1.86. The van der Waals surface area contributed by atoms with Gasteiger partial charge in [-0.3, -0.25) is 9.59 Å². The van der Waals surface area contributed by atoms with Crippen LogP contribution in [0.15, 0.2) is 24.3 Å². The van der Waals surface area contributed by atoms with E-state index in [9.17, 15) is 14.4 Å². The van der Waals surface area contributed by atoms with Crippen molar-refractivity contribution in [2.75, 3.05) is 11.9 Å². The van der Waals surface area contributed by atoms with Crippen molar-refractivity contribution in [3.05, 3.63) is 24.3 Å². The highest BCUT2D eigenvalue weighted by atomic mass is 16.5. The molecule has 0 aliphatic carbocycles. The number of urea groups is 1. The van der Waals surface area contributed by atoms with Gasteiger partial charge in [0.25, 0.3) is 0 Å². The molecule has 0 aromatic heterocycles. The highest BCUT2D eigenvalue weighted by Crippen LogP contribution is 2.17. The number of nitrogens with one attached hydrogen (secondary N) is 2. The number of primary amides is 1. The van der Waals surface area contributed by atoms with Crippen LogP contribution in [-0.4, -0.2) is 35.2 Å². The summed E-state index contributed by atoms with van der Waals surface area (Å²) >= 11 is 0. The first-order valence-electron chi connectivity index (χ1n) is 7.50. The number of carbonyl (C=O) groups is 3. The number of amides is 3. The quantitative estimate of drug-likeness (QED) is 0.545. The normalized spacial score (nSPS) is 10.8. The largest absolute Gasteiger partial charge is 0.493 e. The number of nitrogens with two attached hydrogens (primary N) is 1. The Labute approximate surface area is 140 Å². The molecule has 8 heteroatoms. The van der Waals surface area contributed by atoms with E-state index in [0.29, 0.717) is 17.9 Å². The van der Waals surface area contributed by atoms with Gasteiger partial charge in [-0.2, -0.15) is 0 Å². The van der Waals surface area contributed by atoms with E-state index in [4.69, 9.17) is 15.6 Å². The third kappa shape index (κ3) is 8.02. The maximum Gasteiger partial charge on any atom is 0.319 e. The minimum Gasteiger partial charge on any atom is -0.493 e. The Morgan fingerprint density at radius 3 is 2.33 bits per heavy atom. The molecule has 0 heterocycles. The van der Waals surface area contributed by atoms with Gasteiger partial charge >= 0.3 is 12.0 Å². The van der Waals surface area contributed by atoms with Gasteiger partial charge in [-0.1, -0.05) is 0 Å². The smallest absolute Gasteiger partial charge is 0.319 e. The van der Waals surface area contributed by atoms with Crippen LogP contribution in [0, 0.1) is 0 Å². The predicted molar refractivity (Wildman–Crippen MR) is 88.9 cm³/mol. The Bertz CT molecular complexity index is 584. The van der Waals surface area contributed by atoms with E-state index in [1.165, 1.54) is 0 Å². The second kappa shape index (κ2) is 8.76. The molecule has 0 bridgehead atoms. The monoisotopic (exact) mass is 337 g/mol. The molecule has 132 valence electrons. The molecule has 24 heavy (non-hydrogen) atoms. The number of hydrogen-bond donors (Lipinski definition) is 4. The van der Waals surface area contributed by atoms with Crippen LogP contribution in [0.2, 0.25) is 0 Å². The standard InChI is InChI=1S/C16H23N3O5/c1-16(2,9-7-14(21)22)19-15(23)18-11-3-5-12(6-4-11)24-10-8-13(17)20/h3-6H,7-10H2,1-2H3,(H2,17,20)(H,21,22)(H2,18,19,23). The van der Waals surface area contributed by atoms with Gasteiger partial charge in [0.15, 0.2) is 0 Å². The van der Waals surface area contributed by atoms with Gasteiger partial charge in [0, 0.05) is 17.6 Å². The first-order valence-corrected chi connectivity index (χ1v) is 7.50. The van der Waals surface area contributed by atoms with Crippen LogP contribution in [0.1, 0.15) is 33.1 Å². The van der Waals surface area contributed by atoms with Crippen molar-refractivity contribution in [3.8, 4) is 5.75 Å². The second-order valence-electron chi connectivity index (χ2n) is 5.95. The van der Waals surface area contributed by atoms with Crippen molar-refractivity contribution in [1.29, 1.82) is 0 Å². The van der Waals surface area contributed by atoms with Gasteiger partial charge in [-0.05, 0) is 44.5 Å². The summed E-state index contributed by atoms with van der Waals surface area (Å²) < 4.78 is 5.33. The van der Waals surface area contributed by atoms with Crippen LogP contribution >= 0.6 is 0 Å². The Balaban J connectivity index is 2.46. The number of carboxylic acid groups (broad SMARTS) is 1. The van der Waals surface area contributed by atoms with E-state index in [1.807, 2.05) is 0 Å². The molecule has 8 nitrogen and oxygen atoms in total. The van der Waals surface area contributed by atoms with E-state index in [-0.39, 0.29) is 19.4 Å². The Kier molecular flexibility index (Phi) is 7.03. The molecule has 0 fully saturated rings. The zero-order valence-electron chi connectivity index (χ0n) is 13.8. The number of rotatable bonds is 9. The maximum atomic E-state index is 12.0. The zero-order valence-corrected chi connectivity index (χ0v) is 13.8. The average molecular weight is 337 g/mol. The summed E-state index contributed by atoms with van der Waals surface area (Å²) in [7, 11) is 0. The lowest BCUT2D eigenvalue weighted by molar-refractivity contribution is -0.137. The summed E-state index contributed by atoms with van der Waals surface area (Å²) in [6, 6.07) is 6.21. The summed E-state index contributed by atoms with van der Waals surface area (Å²) in [6.07, 6.45) is 0.431. The van der Waals surface area contributed by atoms with E-state index < -0.39 is 23.4 Å². The number of ether oxygens (including phenoxy) is 1. The van der Waals surface area contributed by atoms with Gasteiger partial charge in [-0.25, -0.2) is 4.79 Å². The van der Waals surface area contributed by atoms with Crippen molar-refractivity contribution in [3.63, 3.8) is 0 Å². The first kappa shape index (κ1) is 19.3. The van der Waals surface area contributed by atoms with Gasteiger partial charge in [-0.15, -0.1) is 0 Å². The summed E-state index contributed by atoms with van der Waals surface area (Å²) in [4.78, 5) is 33.2. The maximum absolute atomic E-state index is 12.0. The second-order valence-corrected chi connectivity index (χ2v) is 5.95.